The lowest BCUT2D eigenvalue weighted by Gasteiger charge is -2.39. The molecule has 1 saturated carbocycles. The Bertz CT molecular complexity index is 760. The van der Waals surface area contributed by atoms with Gasteiger partial charge in [-0.3, -0.25) is 9.80 Å². The lowest BCUT2D eigenvalue weighted by Crippen LogP contribution is -2.48. The number of hydrogen-bond acceptors (Lipinski definition) is 5. The predicted octanol–water partition coefficient (Wildman–Crippen LogP) is 3.80. The van der Waals surface area contributed by atoms with Crippen LogP contribution in [0.5, 0.6) is 0 Å². The third-order valence-electron chi connectivity index (χ3n) is 6.24. The van der Waals surface area contributed by atoms with Crippen molar-refractivity contribution in [1.29, 1.82) is 0 Å². The standard InChI is InChI=1S/C22H32N6.ClH/c1-3-13-26-14-16-27(17-15-26)21(19-11-9-18(2)10-12-19)22-23-24-25-28(22)20-7-5-4-6-8-20;/h3,9-12,20-21H,1,4-8,13-17H2,2H3;1H. The molecule has 1 aliphatic heterocycles. The SMILES string of the molecule is C=CCN1CCN(C(c2ccc(C)cc2)c2nnnn2C2CCCCC2)CC1.Cl. The monoisotopic (exact) mass is 416 g/mol. The van der Waals surface area contributed by atoms with Crippen molar-refractivity contribution >= 4 is 12.4 Å². The number of rotatable bonds is 6. The van der Waals surface area contributed by atoms with Crippen LogP contribution in [0.15, 0.2) is 36.9 Å². The number of aromatic nitrogens is 4. The number of aryl methyl sites for hydroxylation is 1. The summed E-state index contributed by atoms with van der Waals surface area (Å²) in [6.07, 6.45) is 8.26. The van der Waals surface area contributed by atoms with Crippen LogP contribution in [0.25, 0.3) is 0 Å². The number of hydrogen-bond donors (Lipinski definition) is 0. The van der Waals surface area contributed by atoms with Gasteiger partial charge in [-0.15, -0.1) is 24.1 Å². The number of tetrazole rings is 1. The molecule has 1 atom stereocenters. The minimum absolute atomic E-state index is 0. The summed E-state index contributed by atoms with van der Waals surface area (Å²) in [7, 11) is 0. The Morgan fingerprint density at radius 3 is 2.41 bits per heavy atom. The highest BCUT2D eigenvalue weighted by molar-refractivity contribution is 5.85. The fourth-order valence-electron chi connectivity index (χ4n) is 4.62. The molecule has 6 nitrogen and oxygen atoms in total. The second-order valence-electron chi connectivity index (χ2n) is 8.21. The molecule has 2 aromatic rings. The second-order valence-corrected chi connectivity index (χ2v) is 8.21. The maximum absolute atomic E-state index is 4.55. The zero-order chi connectivity index (χ0) is 19.3. The molecular formula is C22H33ClN6. The van der Waals surface area contributed by atoms with E-state index in [1.54, 1.807) is 0 Å². The molecule has 0 radical (unpaired) electrons. The Morgan fingerprint density at radius 2 is 1.76 bits per heavy atom. The smallest absolute Gasteiger partial charge is 0.173 e. The van der Waals surface area contributed by atoms with Gasteiger partial charge in [0.25, 0.3) is 0 Å². The van der Waals surface area contributed by atoms with Crippen molar-refractivity contribution in [2.45, 2.75) is 51.1 Å². The molecule has 2 aliphatic rings. The van der Waals surface area contributed by atoms with Crippen LogP contribution in [-0.4, -0.2) is 62.7 Å². The van der Waals surface area contributed by atoms with Crippen molar-refractivity contribution in [3.63, 3.8) is 0 Å². The van der Waals surface area contributed by atoms with Crippen LogP contribution in [0.1, 0.15) is 61.1 Å². The lowest BCUT2D eigenvalue weighted by atomic mass is 9.95. The third-order valence-corrected chi connectivity index (χ3v) is 6.24. The van der Waals surface area contributed by atoms with E-state index in [-0.39, 0.29) is 18.4 Å². The largest absolute Gasteiger partial charge is 0.297 e. The molecule has 0 amide bonds. The fraction of sp³-hybridized carbons (Fsp3) is 0.591. The van der Waals surface area contributed by atoms with Crippen molar-refractivity contribution in [3.05, 3.63) is 53.9 Å². The Kier molecular flexibility index (Phi) is 7.81. The summed E-state index contributed by atoms with van der Waals surface area (Å²) < 4.78 is 2.14. The van der Waals surface area contributed by atoms with E-state index in [1.807, 2.05) is 6.08 Å². The minimum atomic E-state index is 0. The first kappa shape index (κ1) is 21.9. The van der Waals surface area contributed by atoms with E-state index in [0.717, 1.165) is 38.5 Å². The minimum Gasteiger partial charge on any atom is -0.297 e. The molecule has 29 heavy (non-hydrogen) atoms. The molecule has 1 aromatic carbocycles. The van der Waals surface area contributed by atoms with E-state index in [2.05, 4.69) is 67.8 Å². The first-order valence-corrected chi connectivity index (χ1v) is 10.7. The van der Waals surface area contributed by atoms with Gasteiger partial charge in [0.15, 0.2) is 5.82 Å². The van der Waals surface area contributed by atoms with Gasteiger partial charge in [0.2, 0.25) is 0 Å². The van der Waals surface area contributed by atoms with Crippen molar-refractivity contribution in [1.82, 2.24) is 30.0 Å². The van der Waals surface area contributed by atoms with Crippen molar-refractivity contribution < 1.29 is 0 Å². The van der Waals surface area contributed by atoms with Crippen molar-refractivity contribution in [3.8, 4) is 0 Å². The predicted molar refractivity (Wildman–Crippen MR) is 118 cm³/mol. The molecule has 1 aromatic heterocycles. The first-order valence-electron chi connectivity index (χ1n) is 10.7. The molecule has 158 valence electrons. The quantitative estimate of drug-likeness (QED) is 0.670. The Morgan fingerprint density at radius 1 is 1.07 bits per heavy atom. The summed E-state index contributed by atoms with van der Waals surface area (Å²) in [5.74, 6) is 1.01. The van der Waals surface area contributed by atoms with Gasteiger partial charge in [-0.2, -0.15) is 0 Å². The van der Waals surface area contributed by atoms with Gasteiger partial charge in [-0.05, 0) is 35.8 Å². The number of nitrogens with zero attached hydrogens (tertiary/aromatic N) is 6. The summed E-state index contributed by atoms with van der Waals surface area (Å²) in [6.45, 7) is 11.1. The van der Waals surface area contributed by atoms with Crippen molar-refractivity contribution in [2.24, 2.45) is 0 Å². The van der Waals surface area contributed by atoms with Crippen LogP contribution in [0.3, 0.4) is 0 Å². The van der Waals surface area contributed by atoms with E-state index in [0.29, 0.717) is 6.04 Å². The molecular weight excluding hydrogens is 384 g/mol. The average molecular weight is 417 g/mol. The highest BCUT2D eigenvalue weighted by Crippen LogP contribution is 2.33. The maximum Gasteiger partial charge on any atom is 0.173 e. The van der Waals surface area contributed by atoms with Crippen LogP contribution in [0.2, 0.25) is 0 Å². The van der Waals surface area contributed by atoms with Gasteiger partial charge in [0.1, 0.15) is 0 Å². The molecule has 0 spiro atoms. The first-order chi connectivity index (χ1) is 13.8. The molecule has 1 saturated heterocycles. The van der Waals surface area contributed by atoms with E-state index < -0.39 is 0 Å². The summed E-state index contributed by atoms with van der Waals surface area (Å²) in [5, 5.41) is 13.1. The lowest BCUT2D eigenvalue weighted by molar-refractivity contribution is 0.111. The number of piperazine rings is 1. The van der Waals surface area contributed by atoms with E-state index in [9.17, 15) is 0 Å². The summed E-state index contributed by atoms with van der Waals surface area (Å²) >= 11 is 0. The Hall–Kier alpha value is -1.76. The maximum atomic E-state index is 4.55. The van der Waals surface area contributed by atoms with Gasteiger partial charge in [0, 0.05) is 32.7 Å². The van der Waals surface area contributed by atoms with Crippen LogP contribution in [-0.2, 0) is 0 Å². The highest BCUT2D eigenvalue weighted by atomic mass is 35.5. The Labute approximate surface area is 180 Å². The molecule has 1 unspecified atom stereocenters. The zero-order valence-corrected chi connectivity index (χ0v) is 18.2. The van der Waals surface area contributed by atoms with Crippen LogP contribution >= 0.6 is 12.4 Å². The fourth-order valence-corrected chi connectivity index (χ4v) is 4.62. The van der Waals surface area contributed by atoms with Gasteiger partial charge >= 0.3 is 0 Å². The van der Waals surface area contributed by atoms with Crippen LogP contribution in [0, 0.1) is 6.92 Å². The number of benzene rings is 1. The zero-order valence-electron chi connectivity index (χ0n) is 17.4. The van der Waals surface area contributed by atoms with Crippen molar-refractivity contribution in [2.75, 3.05) is 32.7 Å². The average Bonchev–Trinajstić information content (AvgIpc) is 3.21. The highest BCUT2D eigenvalue weighted by Gasteiger charge is 2.32. The van der Waals surface area contributed by atoms with E-state index in [4.69, 9.17) is 0 Å². The normalized spacial score (nSPS) is 20.2. The molecule has 4 rings (SSSR count). The Balaban J connectivity index is 0.00000240. The molecule has 0 bridgehead atoms. The third kappa shape index (κ3) is 5.05. The number of halogens is 1. The molecule has 1 aliphatic carbocycles. The van der Waals surface area contributed by atoms with Gasteiger partial charge in [0.05, 0.1) is 12.1 Å². The summed E-state index contributed by atoms with van der Waals surface area (Å²) in [5.41, 5.74) is 2.57. The van der Waals surface area contributed by atoms with Gasteiger partial charge in [-0.25, -0.2) is 4.68 Å². The van der Waals surface area contributed by atoms with Gasteiger partial charge < -0.3 is 0 Å². The topological polar surface area (TPSA) is 50.1 Å². The second kappa shape index (κ2) is 10.3. The van der Waals surface area contributed by atoms with E-state index >= 15 is 0 Å². The molecule has 2 fully saturated rings. The van der Waals surface area contributed by atoms with E-state index in [1.165, 1.54) is 43.2 Å². The summed E-state index contributed by atoms with van der Waals surface area (Å²) in [4.78, 5) is 5.01. The molecule has 2 heterocycles. The summed E-state index contributed by atoms with van der Waals surface area (Å²) in [6, 6.07) is 9.44. The van der Waals surface area contributed by atoms with Crippen LogP contribution < -0.4 is 0 Å². The van der Waals surface area contributed by atoms with Gasteiger partial charge in [-0.1, -0.05) is 55.2 Å². The molecule has 0 N–H and O–H groups in total. The van der Waals surface area contributed by atoms with Crippen LogP contribution in [0.4, 0.5) is 0 Å². The molecule has 7 heteroatoms.